The zero-order valence-electron chi connectivity index (χ0n) is 9.71. The molecule has 0 radical (unpaired) electrons. The highest BCUT2D eigenvalue weighted by atomic mass is 16.1. The number of nitrogens with one attached hydrogen (secondary N) is 1. The van der Waals surface area contributed by atoms with Crippen LogP contribution in [0.5, 0.6) is 0 Å². The molecule has 1 amide bonds. The van der Waals surface area contributed by atoms with Gasteiger partial charge in [0.2, 0.25) is 5.91 Å². The summed E-state index contributed by atoms with van der Waals surface area (Å²) < 4.78 is 1.99. The molecule has 2 heterocycles. The number of carbonyl (C=O) groups excluding carboxylic acids is 1. The van der Waals surface area contributed by atoms with Crippen molar-refractivity contribution in [3.8, 4) is 0 Å². The largest absolute Gasteiger partial charge is 0.338 e. The number of rotatable bonds is 0. The van der Waals surface area contributed by atoms with E-state index in [0.717, 1.165) is 12.1 Å². The molecule has 1 N–H and O–H groups in total. The average molecular weight is 211 g/mol. The number of hydrogen-bond acceptors (Lipinski definition) is 2. The highest BCUT2D eigenvalue weighted by molar-refractivity contribution is 5.76. The highest BCUT2D eigenvalue weighted by Gasteiger charge is 2.13. The zero-order valence-corrected chi connectivity index (χ0v) is 9.71. The van der Waals surface area contributed by atoms with Crippen LogP contribution in [0.1, 0.15) is 39.5 Å². The summed E-state index contributed by atoms with van der Waals surface area (Å²) in [4.78, 5) is 15.2. The summed E-state index contributed by atoms with van der Waals surface area (Å²) in [6, 6.07) is 0. The van der Waals surface area contributed by atoms with Crippen LogP contribution in [-0.2, 0) is 17.9 Å². The summed E-state index contributed by atoms with van der Waals surface area (Å²) in [7, 11) is 0. The molecule has 2 rings (SSSR count). The van der Waals surface area contributed by atoms with Gasteiger partial charge in [0.1, 0.15) is 0 Å². The van der Waals surface area contributed by atoms with Gasteiger partial charge in [0.25, 0.3) is 0 Å². The summed E-state index contributed by atoms with van der Waals surface area (Å²) in [6.45, 7) is 6.79. The lowest BCUT2D eigenvalue weighted by molar-refractivity contribution is -0.121. The van der Waals surface area contributed by atoms with E-state index >= 15 is 0 Å². The maximum absolute atomic E-state index is 11.0. The van der Waals surface area contributed by atoms with Gasteiger partial charge in [0.15, 0.2) is 0 Å². The molecular formula is C11H21N3O. The van der Waals surface area contributed by atoms with Crippen LogP contribution < -0.4 is 5.32 Å². The van der Waals surface area contributed by atoms with Crippen molar-refractivity contribution in [1.82, 2.24) is 14.9 Å². The van der Waals surface area contributed by atoms with Crippen molar-refractivity contribution in [2.24, 2.45) is 0 Å². The molecule has 1 aromatic heterocycles. The summed E-state index contributed by atoms with van der Waals surface area (Å²) >= 11 is 0. The Balaban J connectivity index is 0.000000511. The molecule has 0 atom stereocenters. The molecule has 4 heteroatoms. The quantitative estimate of drug-likeness (QED) is 0.712. The van der Waals surface area contributed by atoms with E-state index in [4.69, 9.17) is 0 Å². The lowest BCUT2D eigenvalue weighted by Crippen LogP contribution is -2.22. The highest BCUT2D eigenvalue weighted by Crippen LogP contribution is 2.10. The van der Waals surface area contributed by atoms with Gasteiger partial charge >= 0.3 is 0 Å². The number of carbonyl (C=O) groups is 1. The molecule has 0 saturated carbocycles. The number of hydrogen-bond donors (Lipinski definition) is 1. The Hall–Kier alpha value is -1.32. The van der Waals surface area contributed by atoms with Crippen LogP contribution in [0, 0.1) is 6.92 Å². The van der Waals surface area contributed by atoms with Gasteiger partial charge < -0.3 is 9.88 Å². The topological polar surface area (TPSA) is 46.9 Å². The Bertz CT molecular complexity index is 336. The van der Waals surface area contributed by atoms with Crippen LogP contribution in [0.2, 0.25) is 0 Å². The molecule has 0 aliphatic carbocycles. The van der Waals surface area contributed by atoms with E-state index in [1.807, 2.05) is 11.5 Å². The number of nitrogens with zero attached hydrogens (tertiary/aromatic N) is 2. The maximum Gasteiger partial charge on any atom is 0.221 e. The fourth-order valence-corrected chi connectivity index (χ4v) is 1.46. The Labute approximate surface area is 92.2 Å². The number of fused-ring (bicyclic) bond motifs is 1. The van der Waals surface area contributed by atoms with Gasteiger partial charge in [-0.05, 0) is 13.3 Å². The second-order valence-corrected chi connectivity index (χ2v) is 3.71. The SMILES string of the molecule is CCC.Cc1ncn2c1CCC(=O)NC2.[HH]. The van der Waals surface area contributed by atoms with Crippen LogP contribution >= 0.6 is 0 Å². The fraction of sp³-hybridized carbons (Fsp3) is 0.636. The van der Waals surface area contributed by atoms with Crippen LogP contribution in [0.4, 0.5) is 0 Å². The Morgan fingerprint density at radius 3 is 2.87 bits per heavy atom. The van der Waals surface area contributed by atoms with Crippen LogP contribution in [0.3, 0.4) is 0 Å². The van der Waals surface area contributed by atoms with E-state index in [2.05, 4.69) is 24.1 Å². The third-order valence-electron chi connectivity index (χ3n) is 2.19. The zero-order chi connectivity index (χ0) is 11.3. The molecule has 15 heavy (non-hydrogen) atoms. The lowest BCUT2D eigenvalue weighted by Gasteiger charge is -2.01. The van der Waals surface area contributed by atoms with Crippen molar-refractivity contribution >= 4 is 5.91 Å². The van der Waals surface area contributed by atoms with Crippen molar-refractivity contribution < 1.29 is 6.22 Å². The Morgan fingerprint density at radius 1 is 1.53 bits per heavy atom. The van der Waals surface area contributed by atoms with Crippen molar-refractivity contribution in [2.75, 3.05) is 0 Å². The number of amides is 1. The molecule has 0 aromatic carbocycles. The first-order valence-electron chi connectivity index (χ1n) is 5.46. The van der Waals surface area contributed by atoms with E-state index in [-0.39, 0.29) is 7.33 Å². The third kappa shape index (κ3) is 3.08. The fourth-order valence-electron chi connectivity index (χ4n) is 1.46. The number of aromatic nitrogens is 2. The Morgan fingerprint density at radius 2 is 2.20 bits per heavy atom. The molecule has 1 aliphatic heterocycles. The summed E-state index contributed by atoms with van der Waals surface area (Å²) in [5, 5.41) is 2.80. The normalized spacial score (nSPS) is 14.5. The predicted octanol–water partition coefficient (Wildman–Crippen LogP) is 1.87. The minimum absolute atomic E-state index is 0. The van der Waals surface area contributed by atoms with E-state index in [1.54, 1.807) is 6.33 Å². The molecule has 4 nitrogen and oxygen atoms in total. The Kier molecular flexibility index (Phi) is 4.34. The molecule has 0 fully saturated rings. The minimum atomic E-state index is 0. The lowest BCUT2D eigenvalue weighted by atomic mass is 10.2. The van der Waals surface area contributed by atoms with Crippen molar-refractivity contribution in [2.45, 2.75) is 46.7 Å². The van der Waals surface area contributed by atoms with Gasteiger partial charge in [-0.25, -0.2) is 4.98 Å². The van der Waals surface area contributed by atoms with Crippen molar-refractivity contribution in [3.63, 3.8) is 0 Å². The van der Waals surface area contributed by atoms with Crippen LogP contribution in [0.15, 0.2) is 6.33 Å². The summed E-state index contributed by atoms with van der Waals surface area (Å²) in [5.41, 5.74) is 2.21. The molecular weight excluding hydrogens is 190 g/mol. The van der Waals surface area contributed by atoms with Crippen LogP contribution in [-0.4, -0.2) is 15.5 Å². The molecule has 0 bridgehead atoms. The first kappa shape index (κ1) is 11.8. The van der Waals surface area contributed by atoms with Gasteiger partial charge in [0.05, 0.1) is 18.7 Å². The molecule has 1 aromatic rings. The standard InChI is InChI=1S/C8H11N3O.C3H8.H2/c1-6-7-2-3-8(12)10-5-11(7)4-9-6;1-3-2;/h4H,2-3,5H2,1H3,(H,10,12);3H2,1-2H3;1H. The first-order valence-corrected chi connectivity index (χ1v) is 5.46. The first-order chi connectivity index (χ1) is 7.19. The molecule has 1 aliphatic rings. The number of aryl methyl sites for hydroxylation is 1. The van der Waals surface area contributed by atoms with Gasteiger partial charge in [0, 0.05) is 13.5 Å². The van der Waals surface area contributed by atoms with E-state index in [1.165, 1.54) is 12.1 Å². The number of imidazole rings is 1. The predicted molar refractivity (Wildman–Crippen MR) is 61.5 cm³/mol. The van der Waals surface area contributed by atoms with E-state index in [9.17, 15) is 4.79 Å². The second kappa shape index (κ2) is 5.53. The van der Waals surface area contributed by atoms with Crippen molar-refractivity contribution in [1.29, 1.82) is 0 Å². The molecule has 0 spiro atoms. The minimum Gasteiger partial charge on any atom is -0.338 e. The van der Waals surface area contributed by atoms with E-state index in [0.29, 0.717) is 13.1 Å². The second-order valence-electron chi connectivity index (χ2n) is 3.71. The van der Waals surface area contributed by atoms with Crippen LogP contribution in [0.25, 0.3) is 0 Å². The summed E-state index contributed by atoms with van der Waals surface area (Å²) in [5.74, 6) is 0.123. The van der Waals surface area contributed by atoms with Gasteiger partial charge in [-0.2, -0.15) is 0 Å². The maximum atomic E-state index is 11.0. The molecule has 86 valence electrons. The average Bonchev–Trinajstić information content (AvgIpc) is 2.43. The van der Waals surface area contributed by atoms with Gasteiger partial charge in [-0.1, -0.05) is 20.3 Å². The molecule has 0 unspecified atom stereocenters. The van der Waals surface area contributed by atoms with Gasteiger partial charge in [-0.15, -0.1) is 0 Å². The summed E-state index contributed by atoms with van der Waals surface area (Å²) in [6.07, 6.45) is 4.40. The molecule has 0 saturated heterocycles. The van der Waals surface area contributed by atoms with Gasteiger partial charge in [-0.3, -0.25) is 4.79 Å². The smallest absolute Gasteiger partial charge is 0.221 e. The van der Waals surface area contributed by atoms with Crippen molar-refractivity contribution in [3.05, 3.63) is 17.7 Å². The monoisotopic (exact) mass is 211 g/mol. The third-order valence-corrected chi connectivity index (χ3v) is 2.19. The van der Waals surface area contributed by atoms with E-state index < -0.39 is 0 Å².